The first kappa shape index (κ1) is 11.6. The van der Waals surface area contributed by atoms with Crippen LogP contribution in [0.15, 0.2) is 30.3 Å². The first-order chi connectivity index (χ1) is 7.62. The molecule has 2 nitrogen and oxygen atoms in total. The summed E-state index contributed by atoms with van der Waals surface area (Å²) in [4.78, 5) is 0. The van der Waals surface area contributed by atoms with Gasteiger partial charge in [0.1, 0.15) is 0 Å². The van der Waals surface area contributed by atoms with Crippen molar-refractivity contribution in [1.82, 2.24) is 0 Å². The maximum absolute atomic E-state index is 6.55. The molecule has 0 heterocycles. The van der Waals surface area contributed by atoms with Gasteiger partial charge in [-0.05, 0) is 30.7 Å². The summed E-state index contributed by atoms with van der Waals surface area (Å²) in [7, 11) is 0. The van der Waals surface area contributed by atoms with E-state index in [1.165, 1.54) is 5.56 Å². The Morgan fingerprint density at radius 3 is 2.69 bits per heavy atom. The van der Waals surface area contributed by atoms with Crippen molar-refractivity contribution in [1.29, 1.82) is 0 Å². The zero-order valence-corrected chi connectivity index (χ0v) is 10.0. The average molecular weight is 218 g/mol. The monoisotopic (exact) mass is 218 g/mol. The molecule has 0 saturated heterocycles. The number of nitrogens with two attached hydrogens (primary N) is 2. The molecule has 2 rings (SSSR count). The molecule has 1 aromatic carbocycles. The lowest BCUT2D eigenvalue weighted by Crippen LogP contribution is -2.56. The molecule has 1 aliphatic carbocycles. The summed E-state index contributed by atoms with van der Waals surface area (Å²) in [5, 5.41) is 0. The Balaban J connectivity index is 2.13. The summed E-state index contributed by atoms with van der Waals surface area (Å²) in [6.07, 6.45) is 4.32. The van der Waals surface area contributed by atoms with Gasteiger partial charge in [-0.1, -0.05) is 43.7 Å². The Morgan fingerprint density at radius 1 is 1.31 bits per heavy atom. The molecule has 0 aliphatic heterocycles. The lowest BCUT2D eigenvalue weighted by molar-refractivity contribution is 0.177. The minimum Gasteiger partial charge on any atom is -0.327 e. The van der Waals surface area contributed by atoms with Crippen molar-refractivity contribution < 1.29 is 0 Å². The highest BCUT2D eigenvalue weighted by Gasteiger charge is 2.38. The molecule has 1 aliphatic rings. The molecule has 3 unspecified atom stereocenters. The van der Waals surface area contributed by atoms with Crippen LogP contribution in [-0.4, -0.2) is 11.6 Å². The fourth-order valence-corrected chi connectivity index (χ4v) is 2.80. The fraction of sp³-hybridized carbons (Fsp3) is 0.571. The number of hydrogen-bond donors (Lipinski definition) is 2. The average Bonchev–Trinajstić information content (AvgIpc) is 2.27. The van der Waals surface area contributed by atoms with Crippen LogP contribution in [0, 0.1) is 5.92 Å². The van der Waals surface area contributed by atoms with Crippen molar-refractivity contribution >= 4 is 0 Å². The first-order valence-corrected chi connectivity index (χ1v) is 6.20. The van der Waals surface area contributed by atoms with Crippen molar-refractivity contribution in [2.45, 2.75) is 44.2 Å². The quantitative estimate of drug-likeness (QED) is 0.798. The van der Waals surface area contributed by atoms with E-state index >= 15 is 0 Å². The molecule has 1 aromatic rings. The third-order valence-electron chi connectivity index (χ3n) is 4.10. The van der Waals surface area contributed by atoms with Gasteiger partial charge in [0, 0.05) is 11.6 Å². The van der Waals surface area contributed by atoms with Crippen LogP contribution in [-0.2, 0) is 6.42 Å². The zero-order chi connectivity index (χ0) is 11.6. The van der Waals surface area contributed by atoms with E-state index < -0.39 is 0 Å². The van der Waals surface area contributed by atoms with E-state index in [0.29, 0.717) is 5.92 Å². The van der Waals surface area contributed by atoms with Crippen LogP contribution in [0.5, 0.6) is 0 Å². The Labute approximate surface area is 98.0 Å². The number of rotatable bonds is 2. The fourth-order valence-electron chi connectivity index (χ4n) is 2.80. The van der Waals surface area contributed by atoms with E-state index in [9.17, 15) is 0 Å². The van der Waals surface area contributed by atoms with Crippen molar-refractivity contribution in [2.75, 3.05) is 0 Å². The second-order valence-electron chi connectivity index (χ2n) is 5.24. The first-order valence-electron chi connectivity index (χ1n) is 6.20. The van der Waals surface area contributed by atoms with E-state index in [1.54, 1.807) is 0 Å². The number of hydrogen-bond acceptors (Lipinski definition) is 2. The lowest BCUT2D eigenvalue weighted by Gasteiger charge is -2.43. The predicted molar refractivity (Wildman–Crippen MR) is 68.1 cm³/mol. The van der Waals surface area contributed by atoms with Gasteiger partial charge in [-0.25, -0.2) is 0 Å². The maximum atomic E-state index is 6.55. The molecule has 0 radical (unpaired) electrons. The van der Waals surface area contributed by atoms with Gasteiger partial charge in [-0.15, -0.1) is 0 Å². The standard InChI is InChI=1S/C14H22N2/c1-11-13(15)8-5-9-14(11,16)10-12-6-3-2-4-7-12/h2-4,6-7,11,13H,5,8-10,15-16H2,1H3. The highest BCUT2D eigenvalue weighted by Crippen LogP contribution is 2.33. The lowest BCUT2D eigenvalue weighted by atomic mass is 9.69. The van der Waals surface area contributed by atoms with Crippen molar-refractivity contribution in [3.8, 4) is 0 Å². The Bertz CT molecular complexity index is 336. The molecule has 88 valence electrons. The molecule has 1 saturated carbocycles. The third kappa shape index (κ3) is 2.28. The zero-order valence-electron chi connectivity index (χ0n) is 10.0. The molecule has 4 N–H and O–H groups in total. The van der Waals surface area contributed by atoms with Crippen molar-refractivity contribution in [3.05, 3.63) is 35.9 Å². The van der Waals surface area contributed by atoms with Gasteiger partial charge < -0.3 is 11.5 Å². The van der Waals surface area contributed by atoms with Crippen LogP contribution >= 0.6 is 0 Å². The Kier molecular flexibility index (Phi) is 3.31. The normalized spacial score (nSPS) is 34.9. The van der Waals surface area contributed by atoms with Gasteiger partial charge in [-0.3, -0.25) is 0 Å². The Morgan fingerprint density at radius 2 is 2.00 bits per heavy atom. The molecular formula is C14H22N2. The maximum Gasteiger partial charge on any atom is 0.0235 e. The molecule has 0 bridgehead atoms. The van der Waals surface area contributed by atoms with E-state index in [2.05, 4.69) is 31.2 Å². The van der Waals surface area contributed by atoms with Crippen LogP contribution in [0.2, 0.25) is 0 Å². The molecular weight excluding hydrogens is 196 g/mol. The highest BCUT2D eigenvalue weighted by atomic mass is 14.8. The van der Waals surface area contributed by atoms with Crippen LogP contribution < -0.4 is 11.5 Å². The van der Waals surface area contributed by atoms with Gasteiger partial charge in [0.2, 0.25) is 0 Å². The second kappa shape index (κ2) is 4.56. The molecule has 0 spiro atoms. The Hall–Kier alpha value is -0.860. The van der Waals surface area contributed by atoms with E-state index in [1.807, 2.05) is 6.07 Å². The minimum atomic E-state index is -0.112. The van der Waals surface area contributed by atoms with Gasteiger partial charge in [0.25, 0.3) is 0 Å². The summed E-state index contributed by atoms with van der Waals surface area (Å²) in [6, 6.07) is 10.8. The van der Waals surface area contributed by atoms with E-state index in [-0.39, 0.29) is 11.6 Å². The van der Waals surface area contributed by atoms with E-state index in [0.717, 1.165) is 25.7 Å². The van der Waals surface area contributed by atoms with Crippen molar-refractivity contribution in [3.63, 3.8) is 0 Å². The second-order valence-corrected chi connectivity index (χ2v) is 5.24. The summed E-state index contributed by atoms with van der Waals surface area (Å²) in [5.41, 5.74) is 13.9. The topological polar surface area (TPSA) is 52.0 Å². The van der Waals surface area contributed by atoms with Crippen LogP contribution in [0.4, 0.5) is 0 Å². The summed E-state index contributed by atoms with van der Waals surface area (Å²) < 4.78 is 0. The summed E-state index contributed by atoms with van der Waals surface area (Å²) in [5.74, 6) is 0.404. The highest BCUT2D eigenvalue weighted by molar-refractivity contribution is 5.19. The molecule has 0 amide bonds. The summed E-state index contributed by atoms with van der Waals surface area (Å²) >= 11 is 0. The van der Waals surface area contributed by atoms with Gasteiger partial charge in [0.15, 0.2) is 0 Å². The van der Waals surface area contributed by atoms with Crippen molar-refractivity contribution in [2.24, 2.45) is 17.4 Å². The van der Waals surface area contributed by atoms with Crippen LogP contribution in [0.3, 0.4) is 0 Å². The predicted octanol–water partition coefficient (Wildman–Crippen LogP) is 2.07. The van der Waals surface area contributed by atoms with Crippen LogP contribution in [0.1, 0.15) is 31.7 Å². The molecule has 1 fully saturated rings. The molecule has 2 heteroatoms. The smallest absolute Gasteiger partial charge is 0.0235 e. The molecule has 16 heavy (non-hydrogen) atoms. The number of benzene rings is 1. The largest absolute Gasteiger partial charge is 0.327 e. The summed E-state index contributed by atoms with van der Waals surface area (Å²) in [6.45, 7) is 2.20. The molecule has 0 aromatic heterocycles. The van der Waals surface area contributed by atoms with Gasteiger partial charge in [-0.2, -0.15) is 0 Å². The van der Waals surface area contributed by atoms with Crippen LogP contribution in [0.25, 0.3) is 0 Å². The molecule has 3 atom stereocenters. The van der Waals surface area contributed by atoms with Gasteiger partial charge >= 0.3 is 0 Å². The van der Waals surface area contributed by atoms with Gasteiger partial charge in [0.05, 0.1) is 0 Å². The van der Waals surface area contributed by atoms with E-state index in [4.69, 9.17) is 11.5 Å². The third-order valence-corrected chi connectivity index (χ3v) is 4.10. The minimum absolute atomic E-state index is 0.112. The SMILES string of the molecule is CC1C(N)CCCC1(N)Cc1ccccc1.